The van der Waals surface area contributed by atoms with Crippen LogP contribution in [-0.2, 0) is 9.59 Å². The van der Waals surface area contributed by atoms with Crippen molar-refractivity contribution in [3.63, 3.8) is 0 Å². The smallest absolute Gasteiger partial charge is 0.295 e. The van der Waals surface area contributed by atoms with E-state index in [1.54, 1.807) is 17.7 Å². The van der Waals surface area contributed by atoms with E-state index in [1.165, 1.54) is 29.3 Å². The SMILES string of the molecule is Cc1c(/C(O)=C2\C(=O)C(=O)N(CCCN(C)C)[C@@H]2c2cccc(F)c2)cnn1-c1ccccc1. The quantitative estimate of drug-likeness (QED) is 0.329. The second kappa shape index (κ2) is 9.61. The lowest BCUT2D eigenvalue weighted by molar-refractivity contribution is -0.139. The first-order chi connectivity index (χ1) is 16.3. The number of aliphatic hydroxyl groups is 1. The third-order valence-corrected chi connectivity index (χ3v) is 5.97. The molecule has 1 aromatic heterocycles. The maximum Gasteiger partial charge on any atom is 0.295 e. The Morgan fingerprint density at radius 2 is 1.85 bits per heavy atom. The first-order valence-corrected chi connectivity index (χ1v) is 11.1. The van der Waals surface area contributed by atoms with Crippen LogP contribution >= 0.6 is 0 Å². The van der Waals surface area contributed by atoms with Gasteiger partial charge in [0, 0.05) is 6.54 Å². The largest absolute Gasteiger partial charge is 0.507 e. The highest BCUT2D eigenvalue weighted by Crippen LogP contribution is 2.40. The monoisotopic (exact) mass is 462 g/mol. The van der Waals surface area contributed by atoms with Gasteiger partial charge >= 0.3 is 0 Å². The Hall–Kier alpha value is -3.78. The average molecular weight is 463 g/mol. The van der Waals surface area contributed by atoms with E-state index in [4.69, 9.17) is 0 Å². The number of ketones is 1. The summed E-state index contributed by atoms with van der Waals surface area (Å²) in [6.07, 6.45) is 2.09. The molecule has 2 heterocycles. The van der Waals surface area contributed by atoms with Crippen molar-refractivity contribution in [1.82, 2.24) is 19.6 Å². The zero-order valence-electron chi connectivity index (χ0n) is 19.4. The van der Waals surface area contributed by atoms with Crippen molar-refractivity contribution in [3.05, 3.63) is 89.0 Å². The van der Waals surface area contributed by atoms with Gasteiger partial charge in [-0.3, -0.25) is 9.59 Å². The molecule has 4 rings (SSSR count). The fourth-order valence-electron chi connectivity index (χ4n) is 4.31. The number of carbonyl (C=O) groups is 2. The molecule has 0 aliphatic carbocycles. The van der Waals surface area contributed by atoms with E-state index < -0.39 is 23.5 Å². The van der Waals surface area contributed by atoms with Crippen molar-refractivity contribution in [3.8, 4) is 5.69 Å². The van der Waals surface area contributed by atoms with Crippen molar-refractivity contribution in [1.29, 1.82) is 0 Å². The van der Waals surface area contributed by atoms with Crippen LogP contribution < -0.4 is 0 Å². The van der Waals surface area contributed by atoms with Crippen LogP contribution in [0.1, 0.15) is 29.3 Å². The van der Waals surface area contributed by atoms with Crippen molar-refractivity contribution in [2.24, 2.45) is 0 Å². The normalized spacial score (nSPS) is 17.7. The average Bonchev–Trinajstić information content (AvgIpc) is 3.32. The molecule has 3 aromatic rings. The summed E-state index contributed by atoms with van der Waals surface area (Å²) in [7, 11) is 3.84. The number of nitrogens with zero attached hydrogens (tertiary/aromatic N) is 4. The summed E-state index contributed by atoms with van der Waals surface area (Å²) < 4.78 is 15.8. The molecule has 34 heavy (non-hydrogen) atoms. The zero-order chi connectivity index (χ0) is 24.4. The predicted octanol–water partition coefficient (Wildman–Crippen LogP) is 3.69. The second-order valence-electron chi connectivity index (χ2n) is 8.60. The molecule has 1 N–H and O–H groups in total. The Morgan fingerprint density at radius 1 is 1.12 bits per heavy atom. The van der Waals surface area contributed by atoms with Gasteiger partial charge < -0.3 is 14.9 Å². The van der Waals surface area contributed by atoms with Gasteiger partial charge in [-0.15, -0.1) is 0 Å². The minimum Gasteiger partial charge on any atom is -0.507 e. The van der Waals surface area contributed by atoms with Crippen molar-refractivity contribution in [2.45, 2.75) is 19.4 Å². The number of para-hydroxylation sites is 1. The molecule has 1 fully saturated rings. The van der Waals surface area contributed by atoms with Gasteiger partial charge in [-0.2, -0.15) is 5.10 Å². The van der Waals surface area contributed by atoms with Gasteiger partial charge in [0.05, 0.1) is 34.8 Å². The van der Waals surface area contributed by atoms with E-state index in [-0.39, 0.29) is 11.3 Å². The Kier molecular flexibility index (Phi) is 6.61. The summed E-state index contributed by atoms with van der Waals surface area (Å²) in [5, 5.41) is 15.7. The zero-order valence-corrected chi connectivity index (χ0v) is 19.4. The van der Waals surface area contributed by atoms with Gasteiger partial charge in [-0.05, 0) is 63.8 Å². The number of benzene rings is 2. The minimum absolute atomic E-state index is 0.0591. The van der Waals surface area contributed by atoms with Crippen LogP contribution in [0.2, 0.25) is 0 Å². The molecule has 1 aliphatic heterocycles. The lowest BCUT2D eigenvalue weighted by atomic mass is 9.95. The first-order valence-electron chi connectivity index (χ1n) is 11.1. The molecule has 1 saturated heterocycles. The van der Waals surface area contributed by atoms with E-state index in [0.717, 1.165) is 5.69 Å². The van der Waals surface area contributed by atoms with Crippen LogP contribution in [0.25, 0.3) is 11.4 Å². The fourth-order valence-corrected chi connectivity index (χ4v) is 4.31. The number of rotatable bonds is 7. The molecule has 7 nitrogen and oxygen atoms in total. The number of amides is 1. The van der Waals surface area contributed by atoms with Crippen LogP contribution in [0.3, 0.4) is 0 Å². The highest BCUT2D eigenvalue weighted by atomic mass is 19.1. The van der Waals surface area contributed by atoms with Crippen LogP contribution in [-0.4, -0.2) is 63.6 Å². The molecule has 0 saturated carbocycles. The predicted molar refractivity (Wildman–Crippen MR) is 127 cm³/mol. The van der Waals surface area contributed by atoms with Crippen LogP contribution in [0, 0.1) is 12.7 Å². The Balaban J connectivity index is 1.81. The summed E-state index contributed by atoms with van der Waals surface area (Å²) in [6, 6.07) is 14.3. The number of hydrogen-bond acceptors (Lipinski definition) is 5. The molecular weight excluding hydrogens is 435 g/mol. The standard InChI is InChI=1S/C26H27FN4O3/c1-17-21(16-28-31(17)20-11-5-4-6-12-20)24(32)22-23(18-9-7-10-19(27)15-18)30(26(34)25(22)33)14-8-13-29(2)3/h4-7,9-12,15-16,23,32H,8,13-14H2,1-3H3/b24-22+/t23-/m1/s1. The molecule has 176 valence electrons. The van der Waals surface area contributed by atoms with Gasteiger partial charge in [-0.1, -0.05) is 30.3 Å². The van der Waals surface area contributed by atoms with E-state index in [0.29, 0.717) is 36.3 Å². The highest BCUT2D eigenvalue weighted by Gasteiger charge is 2.46. The minimum atomic E-state index is -0.891. The molecule has 8 heteroatoms. The summed E-state index contributed by atoms with van der Waals surface area (Å²) in [6.45, 7) is 2.78. The number of aromatic nitrogens is 2. The molecule has 1 aliphatic rings. The third kappa shape index (κ3) is 4.36. The van der Waals surface area contributed by atoms with Crippen molar-refractivity contribution in [2.75, 3.05) is 27.2 Å². The van der Waals surface area contributed by atoms with Crippen molar-refractivity contribution < 1.29 is 19.1 Å². The third-order valence-electron chi connectivity index (χ3n) is 5.97. The molecule has 0 spiro atoms. The molecule has 1 amide bonds. The van der Waals surface area contributed by atoms with Gasteiger partial charge in [-0.25, -0.2) is 9.07 Å². The molecule has 0 radical (unpaired) electrons. The van der Waals surface area contributed by atoms with E-state index >= 15 is 0 Å². The fraction of sp³-hybridized carbons (Fsp3) is 0.269. The maximum absolute atomic E-state index is 14.1. The van der Waals surface area contributed by atoms with Gasteiger partial charge in [0.15, 0.2) is 0 Å². The lowest BCUT2D eigenvalue weighted by Crippen LogP contribution is -2.32. The Morgan fingerprint density at radius 3 is 2.53 bits per heavy atom. The highest BCUT2D eigenvalue weighted by molar-refractivity contribution is 6.46. The van der Waals surface area contributed by atoms with Crippen LogP contribution in [0.15, 0.2) is 66.4 Å². The Labute approximate surface area is 197 Å². The van der Waals surface area contributed by atoms with Gasteiger partial charge in [0.1, 0.15) is 11.6 Å². The molecule has 1 atom stereocenters. The van der Waals surface area contributed by atoms with Crippen LogP contribution in [0.4, 0.5) is 4.39 Å². The number of aliphatic hydroxyl groups excluding tert-OH is 1. The van der Waals surface area contributed by atoms with E-state index in [9.17, 15) is 19.1 Å². The number of hydrogen-bond donors (Lipinski definition) is 1. The summed E-state index contributed by atoms with van der Waals surface area (Å²) in [5.41, 5.74) is 2.12. The Bertz CT molecular complexity index is 1250. The number of halogens is 1. The topological polar surface area (TPSA) is 78.7 Å². The molecule has 2 aromatic carbocycles. The second-order valence-corrected chi connectivity index (χ2v) is 8.60. The van der Waals surface area contributed by atoms with Gasteiger partial charge in [0.2, 0.25) is 0 Å². The number of carbonyl (C=O) groups excluding carboxylic acids is 2. The number of Topliss-reactive ketones (excluding diaryl/α,β-unsaturated/α-hetero) is 1. The van der Waals surface area contributed by atoms with E-state index in [1.807, 2.05) is 49.3 Å². The van der Waals surface area contributed by atoms with Crippen molar-refractivity contribution >= 4 is 17.4 Å². The summed E-state index contributed by atoms with van der Waals surface area (Å²) in [4.78, 5) is 29.6. The molecular formula is C26H27FN4O3. The lowest BCUT2D eigenvalue weighted by Gasteiger charge is -2.26. The number of likely N-dealkylation sites (tertiary alicyclic amines) is 1. The summed E-state index contributed by atoms with van der Waals surface area (Å²) >= 11 is 0. The maximum atomic E-state index is 14.1. The first kappa shape index (κ1) is 23.4. The van der Waals surface area contributed by atoms with E-state index in [2.05, 4.69) is 5.10 Å². The van der Waals surface area contributed by atoms with Crippen LogP contribution in [0.5, 0.6) is 0 Å². The molecule has 0 bridgehead atoms. The van der Waals surface area contributed by atoms with Gasteiger partial charge in [0.25, 0.3) is 11.7 Å². The summed E-state index contributed by atoms with van der Waals surface area (Å²) in [5.74, 6) is -2.29. The molecule has 0 unspecified atom stereocenters.